The average Bonchev–Trinajstić information content (AvgIpc) is 3.35. The van der Waals surface area contributed by atoms with Gasteiger partial charge in [0.05, 0.1) is 22.8 Å². The summed E-state index contributed by atoms with van der Waals surface area (Å²) in [5.41, 5.74) is 6.47. The van der Waals surface area contributed by atoms with Gasteiger partial charge in [-0.15, -0.1) is 0 Å². The monoisotopic (exact) mass is 1030 g/mol. The molecule has 0 saturated heterocycles. The smallest absolute Gasteiger partial charge is 0.0646 e. The summed E-state index contributed by atoms with van der Waals surface area (Å²) in [6, 6.07) is 17.3. The van der Waals surface area contributed by atoms with Gasteiger partial charge in [-0.1, -0.05) is 295 Å². The van der Waals surface area contributed by atoms with Crippen molar-refractivity contribution in [3.05, 3.63) is 59.7 Å². The first-order valence-corrected chi connectivity index (χ1v) is 30.0. The molecule has 69 heavy (non-hydrogen) atoms. The Bertz CT molecular complexity index is 1630. The van der Waals surface area contributed by atoms with Crippen molar-refractivity contribution in [2.24, 2.45) is 9.98 Å². The summed E-state index contributed by atoms with van der Waals surface area (Å²) in [6.45, 7) is 9.20. The van der Waals surface area contributed by atoms with Crippen LogP contribution in [0.4, 0.5) is 11.4 Å². The average molecular weight is 1040 g/mol. The molecule has 0 aromatic heterocycles. The van der Waals surface area contributed by atoms with Crippen molar-refractivity contribution in [2.75, 3.05) is 0 Å². The maximum Gasteiger partial charge on any atom is 0.0646 e. The van der Waals surface area contributed by atoms with Crippen LogP contribution in [0.5, 0.6) is 0 Å². The summed E-state index contributed by atoms with van der Waals surface area (Å²) in [5.74, 6) is 14.0. The molecule has 0 spiro atoms. The SMILES string of the molecule is CCCCCCCCCCCCCC#Cc1cccc(N=C(CCCCC)C(CCCCCCCCCCCCCCCCC)=Nc2cccc(C#CCCCCCCCCCCCCC)c2)c1.[Pd]. The van der Waals surface area contributed by atoms with Gasteiger partial charge in [0.25, 0.3) is 0 Å². The first-order valence-electron chi connectivity index (χ1n) is 30.0. The number of rotatable bonds is 45. The van der Waals surface area contributed by atoms with Crippen LogP contribution >= 0.6 is 0 Å². The van der Waals surface area contributed by atoms with Crippen molar-refractivity contribution < 1.29 is 20.4 Å². The Balaban J connectivity index is 0.0000238. The van der Waals surface area contributed by atoms with E-state index < -0.39 is 0 Å². The predicted octanol–water partition coefficient (Wildman–Crippen LogP) is 22.5. The van der Waals surface area contributed by atoms with Crippen molar-refractivity contribution in [1.82, 2.24) is 0 Å². The number of hydrogen-bond acceptors (Lipinski definition) is 2. The Kier molecular flexibility index (Phi) is 47.3. The molecule has 0 unspecified atom stereocenters. The number of aliphatic imine (C=N–C) groups is 2. The van der Waals surface area contributed by atoms with E-state index in [-0.39, 0.29) is 20.4 Å². The van der Waals surface area contributed by atoms with Crippen LogP contribution in [0.25, 0.3) is 0 Å². The molecule has 0 N–H and O–H groups in total. The van der Waals surface area contributed by atoms with Crippen LogP contribution in [0.3, 0.4) is 0 Å². The standard InChI is InChI=1S/C66H108N2.Pd/c1-5-9-13-16-19-22-25-28-29-32-35-38-41-44-48-58-66(68-64-56-50-54-62(60-64)52-47-43-40-37-34-31-27-24-21-18-15-11-7-3)65(57-45-12-8-4)67-63-55-49-53-61(59-63)51-46-42-39-36-33-30-26-23-20-17-14-10-6-2;/h49-50,53-56,59-60H,5-45,48,57-58H2,1-4H3;. The summed E-state index contributed by atoms with van der Waals surface area (Å²) in [6.07, 6.45) is 58.2. The van der Waals surface area contributed by atoms with E-state index in [4.69, 9.17) is 9.98 Å². The molecule has 0 saturated carbocycles. The van der Waals surface area contributed by atoms with E-state index in [9.17, 15) is 0 Å². The van der Waals surface area contributed by atoms with Gasteiger partial charge in [0, 0.05) is 44.4 Å². The molecule has 0 radical (unpaired) electrons. The van der Waals surface area contributed by atoms with Gasteiger partial charge in [0.15, 0.2) is 0 Å². The Hall–Kier alpha value is -2.44. The number of hydrogen-bond donors (Lipinski definition) is 0. The second kappa shape index (κ2) is 50.5. The zero-order chi connectivity index (χ0) is 48.5. The van der Waals surface area contributed by atoms with E-state index in [1.54, 1.807) is 0 Å². The molecule has 0 aliphatic heterocycles. The molecule has 0 amide bonds. The number of nitrogens with zero attached hydrogens (tertiary/aromatic N) is 2. The molecule has 2 nitrogen and oxygen atoms in total. The molecule has 0 aliphatic rings. The minimum atomic E-state index is 0. The third-order valence-corrected chi connectivity index (χ3v) is 13.9. The van der Waals surface area contributed by atoms with Crippen LogP contribution in [0.2, 0.25) is 0 Å². The van der Waals surface area contributed by atoms with Crippen molar-refractivity contribution in [1.29, 1.82) is 0 Å². The van der Waals surface area contributed by atoms with Crippen molar-refractivity contribution >= 4 is 22.8 Å². The molecule has 2 rings (SSSR count). The summed E-state index contributed by atoms with van der Waals surface area (Å²) < 4.78 is 0. The van der Waals surface area contributed by atoms with E-state index in [1.165, 1.54) is 244 Å². The van der Waals surface area contributed by atoms with Gasteiger partial charge in [0.2, 0.25) is 0 Å². The molecule has 0 aliphatic carbocycles. The summed E-state index contributed by atoms with van der Waals surface area (Å²) in [7, 11) is 0. The van der Waals surface area contributed by atoms with E-state index in [0.29, 0.717) is 0 Å². The summed E-state index contributed by atoms with van der Waals surface area (Å²) >= 11 is 0. The van der Waals surface area contributed by atoms with Crippen molar-refractivity contribution in [2.45, 2.75) is 310 Å². The quantitative estimate of drug-likeness (QED) is 0.0273. The van der Waals surface area contributed by atoms with E-state index in [2.05, 4.69) is 99.9 Å². The fourth-order valence-electron chi connectivity index (χ4n) is 9.44. The second-order valence-electron chi connectivity index (χ2n) is 20.5. The molecule has 0 heterocycles. The van der Waals surface area contributed by atoms with Gasteiger partial charge in [-0.2, -0.15) is 0 Å². The number of benzene rings is 2. The van der Waals surface area contributed by atoms with Gasteiger partial charge in [0.1, 0.15) is 0 Å². The normalized spacial score (nSPS) is 11.5. The Morgan fingerprint density at radius 3 is 0.870 bits per heavy atom. The van der Waals surface area contributed by atoms with Gasteiger partial charge < -0.3 is 0 Å². The Labute approximate surface area is 444 Å². The molecular formula is C66H108N2Pd. The molecule has 0 bridgehead atoms. The van der Waals surface area contributed by atoms with Crippen LogP contribution < -0.4 is 0 Å². The third-order valence-electron chi connectivity index (χ3n) is 13.9. The van der Waals surface area contributed by atoms with Crippen LogP contribution in [-0.2, 0) is 20.4 Å². The van der Waals surface area contributed by atoms with Gasteiger partial charge >= 0.3 is 0 Å². The molecule has 3 heteroatoms. The van der Waals surface area contributed by atoms with Crippen LogP contribution in [0.1, 0.15) is 321 Å². The summed E-state index contributed by atoms with van der Waals surface area (Å²) in [4.78, 5) is 10.9. The maximum atomic E-state index is 5.44. The molecular weight excluding hydrogens is 927 g/mol. The second-order valence-corrected chi connectivity index (χ2v) is 20.5. The van der Waals surface area contributed by atoms with Crippen molar-refractivity contribution in [3.63, 3.8) is 0 Å². The van der Waals surface area contributed by atoms with E-state index in [1.807, 2.05) is 0 Å². The first-order chi connectivity index (χ1) is 33.7. The first kappa shape index (κ1) is 64.6. The Morgan fingerprint density at radius 2 is 0.565 bits per heavy atom. The van der Waals surface area contributed by atoms with Gasteiger partial charge in [-0.05, 0) is 74.9 Å². The minimum absolute atomic E-state index is 0. The van der Waals surface area contributed by atoms with Crippen LogP contribution in [0, 0.1) is 23.7 Å². The fourth-order valence-corrected chi connectivity index (χ4v) is 9.44. The topological polar surface area (TPSA) is 24.7 Å². The third kappa shape index (κ3) is 39.8. The molecule has 0 atom stereocenters. The largest absolute Gasteiger partial charge is 0.252 e. The Morgan fingerprint density at radius 1 is 0.319 bits per heavy atom. The van der Waals surface area contributed by atoms with Gasteiger partial charge in [-0.3, -0.25) is 9.98 Å². The zero-order valence-electron chi connectivity index (χ0n) is 45.9. The summed E-state index contributed by atoms with van der Waals surface area (Å²) in [5, 5.41) is 0. The van der Waals surface area contributed by atoms with Crippen LogP contribution in [-0.4, -0.2) is 11.4 Å². The van der Waals surface area contributed by atoms with Crippen LogP contribution in [0.15, 0.2) is 58.5 Å². The maximum absolute atomic E-state index is 5.44. The van der Waals surface area contributed by atoms with Crippen molar-refractivity contribution in [3.8, 4) is 23.7 Å². The van der Waals surface area contributed by atoms with Gasteiger partial charge in [-0.25, -0.2) is 0 Å². The molecule has 2 aromatic carbocycles. The number of unbranched alkanes of at least 4 members (excludes halogenated alkanes) is 38. The van der Waals surface area contributed by atoms with E-state index in [0.717, 1.165) is 72.4 Å². The minimum Gasteiger partial charge on any atom is -0.252 e. The molecule has 392 valence electrons. The fraction of sp³-hybridized carbons (Fsp3) is 0.727. The van der Waals surface area contributed by atoms with E-state index >= 15 is 0 Å². The predicted molar refractivity (Wildman–Crippen MR) is 307 cm³/mol. The zero-order valence-corrected chi connectivity index (χ0v) is 47.5. The molecule has 2 aromatic rings. The molecule has 0 fully saturated rings.